The molecule has 0 bridgehead atoms. The van der Waals surface area contributed by atoms with Gasteiger partial charge >= 0.3 is 5.97 Å². The number of hydrogen-bond acceptors (Lipinski definition) is 6. The van der Waals surface area contributed by atoms with Gasteiger partial charge in [-0.3, -0.25) is 14.4 Å². The molecule has 0 saturated carbocycles. The highest BCUT2D eigenvalue weighted by Gasteiger charge is 2.70. The maximum atomic E-state index is 14.3. The number of hydrogen-bond donors (Lipinski definition) is 1. The van der Waals surface area contributed by atoms with Crippen LogP contribution in [0.15, 0.2) is 42.5 Å². The summed E-state index contributed by atoms with van der Waals surface area (Å²) >= 11 is 1.55. The van der Waals surface area contributed by atoms with Gasteiger partial charge in [0.25, 0.3) is 5.91 Å². The van der Waals surface area contributed by atoms with E-state index in [1.165, 1.54) is 0 Å². The first-order chi connectivity index (χ1) is 16.9. The van der Waals surface area contributed by atoms with Crippen LogP contribution in [-0.4, -0.2) is 70.1 Å². The fourth-order valence-electron chi connectivity index (χ4n) is 5.96. The summed E-state index contributed by atoms with van der Waals surface area (Å²) in [5, 5.41) is 9.29. The fourth-order valence-corrected chi connectivity index (χ4v) is 7.96. The fraction of sp³-hybridized carbons (Fsp3) is 0.519. The van der Waals surface area contributed by atoms with Crippen molar-refractivity contribution in [3.63, 3.8) is 0 Å². The van der Waals surface area contributed by atoms with E-state index in [2.05, 4.69) is 6.08 Å². The molecule has 5 rings (SSSR count). The van der Waals surface area contributed by atoms with Crippen molar-refractivity contribution in [2.75, 3.05) is 31.2 Å². The van der Waals surface area contributed by atoms with Crippen molar-refractivity contribution in [1.82, 2.24) is 4.90 Å². The van der Waals surface area contributed by atoms with Gasteiger partial charge in [0.05, 0.1) is 23.2 Å². The number of esters is 1. The molecule has 2 saturated heterocycles. The van der Waals surface area contributed by atoms with Crippen LogP contribution >= 0.6 is 11.8 Å². The average molecular weight is 497 g/mol. The number of likely N-dealkylation sites (tertiary alicyclic amines) is 1. The summed E-state index contributed by atoms with van der Waals surface area (Å²) in [6.45, 7) is 4.89. The quantitative estimate of drug-likeness (QED) is 0.510. The Bertz CT molecular complexity index is 1100. The second-order valence-corrected chi connectivity index (χ2v) is 11.3. The number of allylic oxidation sites excluding steroid dienone is 1. The number of amides is 2. The van der Waals surface area contributed by atoms with E-state index in [0.29, 0.717) is 19.6 Å². The van der Waals surface area contributed by atoms with Crippen LogP contribution in [0, 0.1) is 25.7 Å². The van der Waals surface area contributed by atoms with Crippen molar-refractivity contribution in [2.45, 2.75) is 49.1 Å². The zero-order valence-electron chi connectivity index (χ0n) is 20.2. The number of anilines is 1. The van der Waals surface area contributed by atoms with E-state index >= 15 is 0 Å². The Morgan fingerprint density at radius 2 is 2.00 bits per heavy atom. The molecule has 4 heterocycles. The number of rotatable bonds is 4. The number of thioether (sulfide) groups is 1. The van der Waals surface area contributed by atoms with Crippen molar-refractivity contribution in [2.24, 2.45) is 11.8 Å². The van der Waals surface area contributed by atoms with Crippen molar-refractivity contribution >= 4 is 35.2 Å². The molecule has 35 heavy (non-hydrogen) atoms. The number of carbonyl (C=O) groups is 3. The van der Waals surface area contributed by atoms with Crippen molar-refractivity contribution in [1.29, 1.82) is 0 Å². The van der Waals surface area contributed by atoms with E-state index < -0.39 is 22.6 Å². The van der Waals surface area contributed by atoms with E-state index in [1.807, 2.05) is 50.3 Å². The minimum atomic E-state index is -0.867. The van der Waals surface area contributed by atoms with Crippen LogP contribution in [-0.2, 0) is 19.1 Å². The molecule has 0 radical (unpaired) electrons. The number of aliphatic hydroxyl groups is 1. The van der Waals surface area contributed by atoms with Gasteiger partial charge < -0.3 is 19.6 Å². The lowest BCUT2D eigenvalue weighted by Crippen LogP contribution is -2.53. The third-order valence-corrected chi connectivity index (χ3v) is 9.31. The number of benzene rings is 1. The van der Waals surface area contributed by atoms with Crippen LogP contribution < -0.4 is 4.90 Å². The summed E-state index contributed by atoms with van der Waals surface area (Å²) in [6.07, 6.45) is 10.0. The topological polar surface area (TPSA) is 87.2 Å². The Kier molecular flexibility index (Phi) is 6.53. The van der Waals surface area contributed by atoms with E-state index in [9.17, 15) is 19.5 Å². The molecule has 2 amide bonds. The molecule has 1 spiro atoms. The second-order valence-electron chi connectivity index (χ2n) is 9.83. The molecule has 5 atom stereocenters. The van der Waals surface area contributed by atoms with Crippen LogP contribution in [0.1, 0.15) is 30.4 Å². The van der Waals surface area contributed by atoms with Crippen molar-refractivity contribution < 1.29 is 24.2 Å². The molecule has 1 aromatic rings. The number of ether oxygens (including phenoxy) is 1. The summed E-state index contributed by atoms with van der Waals surface area (Å²) < 4.78 is 4.71. The Balaban J connectivity index is 1.62. The monoisotopic (exact) mass is 496 g/mol. The molecule has 2 fully saturated rings. The third-order valence-electron chi connectivity index (χ3n) is 7.56. The van der Waals surface area contributed by atoms with Crippen molar-refractivity contribution in [3.8, 4) is 0 Å². The van der Waals surface area contributed by atoms with Crippen LogP contribution in [0.4, 0.5) is 5.69 Å². The first-order valence-corrected chi connectivity index (χ1v) is 13.3. The van der Waals surface area contributed by atoms with E-state index in [4.69, 9.17) is 4.74 Å². The zero-order chi connectivity index (χ0) is 24.7. The largest absolute Gasteiger partial charge is 0.465 e. The first-order valence-electron chi connectivity index (χ1n) is 12.4. The summed E-state index contributed by atoms with van der Waals surface area (Å²) in [5.74, 6) is -2.03. The van der Waals surface area contributed by atoms with Crippen molar-refractivity contribution in [3.05, 3.63) is 53.6 Å². The first kappa shape index (κ1) is 24.1. The second kappa shape index (κ2) is 9.47. The van der Waals surface area contributed by atoms with Gasteiger partial charge in [-0.15, -0.1) is 11.8 Å². The van der Waals surface area contributed by atoms with Gasteiger partial charge in [0.2, 0.25) is 5.91 Å². The van der Waals surface area contributed by atoms with Gasteiger partial charge in [-0.25, -0.2) is 0 Å². The van der Waals surface area contributed by atoms with E-state index in [-0.39, 0.29) is 36.2 Å². The number of carbonyl (C=O) groups excluding carboxylic acids is 3. The van der Waals surface area contributed by atoms with Gasteiger partial charge in [0, 0.05) is 30.6 Å². The lowest BCUT2D eigenvalue weighted by atomic mass is 9.78. The molecular formula is C27H32N2O5S. The Labute approximate surface area is 210 Å². The predicted molar refractivity (Wildman–Crippen MR) is 135 cm³/mol. The predicted octanol–water partition coefficient (Wildman–Crippen LogP) is 2.78. The molecule has 186 valence electrons. The van der Waals surface area contributed by atoms with Gasteiger partial charge in [-0.05, 0) is 50.3 Å². The lowest BCUT2D eigenvalue weighted by molar-refractivity contribution is -0.153. The number of nitrogens with zero attached hydrogens (tertiary/aromatic N) is 2. The molecule has 1 N–H and O–H groups in total. The SMILES string of the molecule is Cc1ccc(C)c(N2CC=C[C@]34S[C@H]5/C=C\CCCOC(=O)[C@H]5[C@H]3C(=O)N(CCCO)C4C2=O)c1. The average Bonchev–Trinajstić information content (AvgIpc) is 3.24. The van der Waals surface area contributed by atoms with Crippen LogP contribution in [0.3, 0.4) is 0 Å². The maximum absolute atomic E-state index is 14.3. The Morgan fingerprint density at radius 3 is 2.80 bits per heavy atom. The minimum absolute atomic E-state index is 0.0805. The summed E-state index contributed by atoms with van der Waals surface area (Å²) in [4.78, 5) is 44.9. The normalized spacial score (nSPS) is 33.3. The Morgan fingerprint density at radius 1 is 1.17 bits per heavy atom. The molecule has 0 aliphatic carbocycles. The summed E-state index contributed by atoms with van der Waals surface area (Å²) in [5.41, 5.74) is 2.87. The smallest absolute Gasteiger partial charge is 0.311 e. The molecule has 1 aromatic carbocycles. The molecule has 4 aliphatic heterocycles. The summed E-state index contributed by atoms with van der Waals surface area (Å²) in [7, 11) is 0. The number of aliphatic hydroxyl groups excluding tert-OH is 1. The Hall–Kier alpha value is -2.58. The van der Waals surface area contributed by atoms with E-state index in [0.717, 1.165) is 29.7 Å². The molecule has 7 nitrogen and oxygen atoms in total. The number of fused-ring (bicyclic) bond motifs is 2. The molecule has 1 unspecified atom stereocenters. The van der Waals surface area contributed by atoms with Gasteiger partial charge in [0.15, 0.2) is 0 Å². The molecule has 0 aromatic heterocycles. The molecular weight excluding hydrogens is 464 g/mol. The summed E-state index contributed by atoms with van der Waals surface area (Å²) in [6, 6.07) is 5.27. The van der Waals surface area contributed by atoms with E-state index in [1.54, 1.807) is 21.6 Å². The third kappa shape index (κ3) is 3.91. The highest BCUT2D eigenvalue weighted by molar-refractivity contribution is 8.02. The van der Waals surface area contributed by atoms with Crippen LogP contribution in [0.5, 0.6) is 0 Å². The molecule has 4 aliphatic rings. The van der Waals surface area contributed by atoms with Gasteiger partial charge in [-0.1, -0.05) is 36.4 Å². The minimum Gasteiger partial charge on any atom is -0.465 e. The highest BCUT2D eigenvalue weighted by atomic mass is 32.2. The van der Waals surface area contributed by atoms with Crippen LogP contribution in [0.2, 0.25) is 0 Å². The lowest BCUT2D eigenvalue weighted by Gasteiger charge is -2.35. The molecule has 8 heteroatoms. The zero-order valence-corrected chi connectivity index (χ0v) is 21.0. The standard InChI is InChI=1S/C27H32N2O5S/c1-17-9-10-18(2)19(16-17)28-12-6-11-27-22(24(31)29(13-7-14-30)23(27)25(28)32)21-20(35-27)8-4-3-5-15-34-26(21)33/h4,6,8-11,16,20-23,30H,3,5,7,12-15H2,1-2H3/b8-4-/t20-,21+,22-,23?,27-/m0/s1. The van der Waals surface area contributed by atoms with Gasteiger partial charge in [0.1, 0.15) is 6.04 Å². The van der Waals surface area contributed by atoms with Gasteiger partial charge in [-0.2, -0.15) is 0 Å². The highest BCUT2D eigenvalue weighted by Crippen LogP contribution is 2.60. The van der Waals surface area contributed by atoms with Crippen LogP contribution in [0.25, 0.3) is 0 Å². The number of aryl methyl sites for hydroxylation is 2. The maximum Gasteiger partial charge on any atom is 0.311 e. The number of cyclic esters (lactones) is 1.